The van der Waals surface area contributed by atoms with Crippen molar-refractivity contribution in [3.8, 4) is 33.8 Å². The monoisotopic (exact) mass is 600 g/mol. The Labute approximate surface area is 256 Å². The average molecular weight is 601 g/mol. The fraction of sp³-hybridized carbons (Fsp3) is 0.188. The van der Waals surface area contributed by atoms with Crippen LogP contribution in [0.15, 0.2) is 97.6 Å². The number of hydrogen-bond acceptors (Lipinski definition) is 9. The minimum Gasteiger partial charge on any atom is -0.496 e. The second-order valence-corrected chi connectivity index (χ2v) is 9.02. The summed E-state index contributed by atoms with van der Waals surface area (Å²) in [6.45, 7) is 1.02. The zero-order valence-corrected chi connectivity index (χ0v) is 22.9. The molecule has 1 aromatic heterocycles. The van der Waals surface area contributed by atoms with E-state index >= 15 is 0 Å². The molecular weight excluding hydrogens is 564 g/mol. The van der Waals surface area contributed by atoms with Gasteiger partial charge in [-0.2, -0.15) is 0 Å². The molecule has 0 unspecified atom stereocenters. The van der Waals surface area contributed by atoms with E-state index in [1.807, 2.05) is 53.1 Å². The van der Waals surface area contributed by atoms with E-state index in [1.165, 1.54) is 18.2 Å². The largest absolute Gasteiger partial charge is 0.496 e. The zero-order valence-electron chi connectivity index (χ0n) is 22.9. The molecular formula is C32H36N6O6. The molecule has 1 heterocycles. The SMILES string of the molecule is C.C.COc1ccc(CN)cc1-c1cccc([N+](=O)[O-])c1.COc1ccc(Cn2cnnc2)cc1-c1cccc([N+](=O)[O-])c1. The van der Waals surface area contributed by atoms with Gasteiger partial charge in [-0.05, 0) is 46.5 Å². The van der Waals surface area contributed by atoms with Gasteiger partial charge in [0, 0.05) is 41.9 Å². The van der Waals surface area contributed by atoms with Crippen LogP contribution in [0.1, 0.15) is 26.0 Å². The molecule has 0 aliphatic rings. The molecule has 12 nitrogen and oxygen atoms in total. The Hall–Kier alpha value is -5.62. The van der Waals surface area contributed by atoms with E-state index < -0.39 is 9.85 Å². The van der Waals surface area contributed by atoms with Crippen LogP contribution in [0.2, 0.25) is 0 Å². The van der Waals surface area contributed by atoms with E-state index in [9.17, 15) is 20.2 Å². The Kier molecular flexibility index (Phi) is 12.7. The molecule has 0 fully saturated rings. The summed E-state index contributed by atoms with van der Waals surface area (Å²) in [4.78, 5) is 21.0. The van der Waals surface area contributed by atoms with Crippen molar-refractivity contribution < 1.29 is 19.3 Å². The second-order valence-electron chi connectivity index (χ2n) is 9.02. The minimum absolute atomic E-state index is 0. The highest BCUT2D eigenvalue weighted by atomic mass is 16.6. The number of benzene rings is 4. The summed E-state index contributed by atoms with van der Waals surface area (Å²) in [7, 11) is 3.15. The van der Waals surface area contributed by atoms with Gasteiger partial charge < -0.3 is 19.8 Å². The summed E-state index contributed by atoms with van der Waals surface area (Å²) in [5, 5.41) is 29.3. The molecule has 0 saturated carbocycles. The number of aromatic nitrogens is 3. The third kappa shape index (κ3) is 8.46. The van der Waals surface area contributed by atoms with Gasteiger partial charge in [0.1, 0.15) is 24.2 Å². The molecule has 0 aliphatic carbocycles. The molecule has 0 aliphatic heterocycles. The number of hydrogen-bond donors (Lipinski definition) is 1. The number of nitrogens with zero attached hydrogens (tertiary/aromatic N) is 5. The van der Waals surface area contributed by atoms with Gasteiger partial charge in [-0.25, -0.2) is 0 Å². The third-order valence-corrected chi connectivity index (χ3v) is 6.33. The lowest BCUT2D eigenvalue weighted by Crippen LogP contribution is -1.98. The first-order valence-corrected chi connectivity index (χ1v) is 12.7. The maximum absolute atomic E-state index is 11.0. The smallest absolute Gasteiger partial charge is 0.270 e. The summed E-state index contributed by atoms with van der Waals surface area (Å²) in [6.07, 6.45) is 3.27. The standard InChI is InChI=1S/C16H14N4O3.C14H14N2O3.2CH4/c1-23-16-6-5-12(9-19-10-17-18-11-19)7-15(16)13-3-2-4-14(8-13)20(21)22;1-19-14-6-5-10(9-15)7-13(14)11-3-2-4-12(8-11)16(17)18;;/h2-8,10-11H,9H2,1H3;2-8H,9,15H2,1H3;2*1H4. The van der Waals surface area contributed by atoms with Crippen LogP contribution >= 0.6 is 0 Å². The van der Waals surface area contributed by atoms with Gasteiger partial charge in [0.2, 0.25) is 0 Å². The van der Waals surface area contributed by atoms with Crippen LogP contribution in [0.25, 0.3) is 22.3 Å². The fourth-order valence-electron chi connectivity index (χ4n) is 4.28. The predicted molar refractivity (Wildman–Crippen MR) is 171 cm³/mol. The normalized spacial score (nSPS) is 9.89. The Morgan fingerprint density at radius 1 is 0.705 bits per heavy atom. The van der Waals surface area contributed by atoms with Crippen molar-refractivity contribution in [1.29, 1.82) is 0 Å². The summed E-state index contributed by atoms with van der Waals surface area (Å²) in [5.41, 5.74) is 10.8. The van der Waals surface area contributed by atoms with Crippen LogP contribution in [0, 0.1) is 20.2 Å². The van der Waals surface area contributed by atoms with Crippen molar-refractivity contribution in [2.24, 2.45) is 5.73 Å². The molecule has 4 aromatic carbocycles. The van der Waals surface area contributed by atoms with E-state index in [0.717, 1.165) is 33.4 Å². The fourth-order valence-corrected chi connectivity index (χ4v) is 4.28. The lowest BCUT2D eigenvalue weighted by Gasteiger charge is -2.11. The Morgan fingerprint density at radius 2 is 1.16 bits per heavy atom. The molecule has 0 spiro atoms. The van der Waals surface area contributed by atoms with Gasteiger partial charge in [-0.1, -0.05) is 51.3 Å². The first kappa shape index (κ1) is 34.6. The molecule has 12 heteroatoms. The van der Waals surface area contributed by atoms with Gasteiger partial charge >= 0.3 is 0 Å². The highest BCUT2D eigenvalue weighted by molar-refractivity contribution is 5.74. The van der Waals surface area contributed by atoms with Crippen molar-refractivity contribution in [2.75, 3.05) is 14.2 Å². The van der Waals surface area contributed by atoms with Crippen molar-refractivity contribution in [1.82, 2.24) is 14.8 Å². The van der Waals surface area contributed by atoms with Crippen LogP contribution < -0.4 is 15.2 Å². The number of nitro benzene ring substituents is 2. The molecule has 44 heavy (non-hydrogen) atoms. The summed E-state index contributed by atoms with van der Waals surface area (Å²) in [6, 6.07) is 24.3. The predicted octanol–water partition coefficient (Wildman–Crippen LogP) is 6.91. The molecule has 5 aromatic rings. The highest BCUT2D eigenvalue weighted by Crippen LogP contribution is 2.34. The highest BCUT2D eigenvalue weighted by Gasteiger charge is 2.13. The summed E-state index contributed by atoms with van der Waals surface area (Å²) >= 11 is 0. The number of ether oxygens (including phenoxy) is 2. The Bertz CT molecular complexity index is 1690. The van der Waals surface area contributed by atoms with Crippen molar-refractivity contribution >= 4 is 11.4 Å². The van der Waals surface area contributed by atoms with Crippen LogP contribution in [0.5, 0.6) is 11.5 Å². The maximum atomic E-state index is 11.0. The minimum atomic E-state index is -0.414. The number of methoxy groups -OCH3 is 2. The Morgan fingerprint density at radius 3 is 1.59 bits per heavy atom. The van der Waals surface area contributed by atoms with Crippen LogP contribution in [-0.2, 0) is 13.1 Å². The molecule has 0 radical (unpaired) electrons. The molecule has 0 saturated heterocycles. The van der Waals surface area contributed by atoms with E-state index in [-0.39, 0.29) is 26.2 Å². The van der Waals surface area contributed by atoms with Gasteiger partial charge in [-0.15, -0.1) is 10.2 Å². The van der Waals surface area contributed by atoms with Crippen molar-refractivity contribution in [3.05, 3.63) is 129 Å². The average Bonchev–Trinajstić information content (AvgIpc) is 3.54. The van der Waals surface area contributed by atoms with Crippen molar-refractivity contribution in [2.45, 2.75) is 27.9 Å². The molecule has 2 N–H and O–H groups in total. The number of non-ortho nitro benzene ring substituents is 2. The Balaban J connectivity index is 0.000000299. The van der Waals surface area contributed by atoms with Crippen LogP contribution in [0.4, 0.5) is 11.4 Å². The quantitative estimate of drug-likeness (QED) is 0.140. The van der Waals surface area contributed by atoms with E-state index in [0.29, 0.717) is 24.6 Å². The van der Waals surface area contributed by atoms with E-state index in [4.69, 9.17) is 15.2 Å². The summed E-state index contributed by atoms with van der Waals surface area (Å²) < 4.78 is 12.5. The van der Waals surface area contributed by atoms with Crippen LogP contribution in [-0.4, -0.2) is 38.8 Å². The lowest BCUT2D eigenvalue weighted by molar-refractivity contribution is -0.385. The first-order chi connectivity index (χ1) is 20.3. The third-order valence-electron chi connectivity index (χ3n) is 6.33. The van der Waals surface area contributed by atoms with Gasteiger partial charge in [0.25, 0.3) is 11.4 Å². The maximum Gasteiger partial charge on any atom is 0.270 e. The molecule has 0 amide bonds. The van der Waals surface area contributed by atoms with Crippen molar-refractivity contribution in [3.63, 3.8) is 0 Å². The van der Waals surface area contributed by atoms with Gasteiger partial charge in [0.15, 0.2) is 0 Å². The second kappa shape index (κ2) is 16.1. The molecule has 0 bridgehead atoms. The van der Waals surface area contributed by atoms with E-state index in [1.54, 1.807) is 45.1 Å². The van der Waals surface area contributed by atoms with Crippen LogP contribution in [0.3, 0.4) is 0 Å². The lowest BCUT2D eigenvalue weighted by atomic mass is 10.0. The number of rotatable bonds is 9. The number of nitrogens with two attached hydrogens (primary N) is 1. The summed E-state index contributed by atoms with van der Waals surface area (Å²) in [5.74, 6) is 1.33. The van der Waals surface area contributed by atoms with Gasteiger partial charge in [0.05, 0.1) is 30.6 Å². The number of nitro groups is 2. The molecule has 230 valence electrons. The first-order valence-electron chi connectivity index (χ1n) is 12.7. The topological polar surface area (TPSA) is 161 Å². The van der Waals surface area contributed by atoms with Gasteiger partial charge in [-0.3, -0.25) is 20.2 Å². The molecule has 5 rings (SSSR count). The zero-order chi connectivity index (χ0) is 30.1. The van der Waals surface area contributed by atoms with E-state index in [2.05, 4.69) is 10.2 Å². The molecule has 0 atom stereocenters.